The Morgan fingerprint density at radius 1 is 1.11 bits per heavy atom. The van der Waals surface area contributed by atoms with Crippen molar-refractivity contribution in [2.24, 2.45) is 5.73 Å². The summed E-state index contributed by atoms with van der Waals surface area (Å²) in [5.41, 5.74) is 8.65. The molecule has 2 aromatic carbocycles. The highest BCUT2D eigenvalue weighted by atomic mass is 32.1. The summed E-state index contributed by atoms with van der Waals surface area (Å²) in [4.78, 5) is 4.53. The third-order valence-corrected chi connectivity index (χ3v) is 4.05. The Hall–Kier alpha value is -1.78. The maximum atomic E-state index is 13.2. The smallest absolute Gasteiger partial charge is 0.124 e. The first-order chi connectivity index (χ1) is 9.26. The van der Waals surface area contributed by atoms with Crippen molar-refractivity contribution in [2.45, 2.75) is 6.42 Å². The molecule has 19 heavy (non-hydrogen) atoms. The second kappa shape index (κ2) is 5.07. The van der Waals surface area contributed by atoms with E-state index in [-0.39, 0.29) is 5.82 Å². The van der Waals surface area contributed by atoms with Crippen LogP contribution in [0.2, 0.25) is 0 Å². The van der Waals surface area contributed by atoms with E-state index in [9.17, 15) is 4.39 Å². The van der Waals surface area contributed by atoms with Crippen molar-refractivity contribution in [3.05, 3.63) is 53.8 Å². The van der Waals surface area contributed by atoms with Gasteiger partial charge in [-0.3, -0.25) is 0 Å². The minimum atomic E-state index is -0.221. The van der Waals surface area contributed by atoms with Gasteiger partial charge in [0.2, 0.25) is 0 Å². The van der Waals surface area contributed by atoms with E-state index in [1.54, 1.807) is 6.07 Å². The molecule has 0 aliphatic rings. The number of aromatic nitrogens is 1. The molecule has 1 heterocycles. The van der Waals surface area contributed by atoms with E-state index in [1.165, 1.54) is 29.0 Å². The highest BCUT2D eigenvalue weighted by molar-refractivity contribution is 7.21. The van der Waals surface area contributed by atoms with Gasteiger partial charge in [-0.1, -0.05) is 24.3 Å². The van der Waals surface area contributed by atoms with E-state index in [1.807, 2.05) is 12.1 Å². The van der Waals surface area contributed by atoms with Crippen LogP contribution in [0.15, 0.2) is 42.5 Å². The Morgan fingerprint density at radius 3 is 2.63 bits per heavy atom. The molecule has 0 radical (unpaired) electrons. The zero-order valence-electron chi connectivity index (χ0n) is 10.3. The second-order valence-electron chi connectivity index (χ2n) is 4.37. The molecule has 1 aromatic heterocycles. The van der Waals surface area contributed by atoms with Gasteiger partial charge in [0.1, 0.15) is 10.8 Å². The van der Waals surface area contributed by atoms with Gasteiger partial charge in [-0.15, -0.1) is 11.3 Å². The van der Waals surface area contributed by atoms with Gasteiger partial charge in [0.15, 0.2) is 0 Å². The minimum Gasteiger partial charge on any atom is -0.330 e. The molecule has 0 aliphatic heterocycles. The molecule has 0 unspecified atom stereocenters. The predicted molar refractivity (Wildman–Crippen MR) is 77.8 cm³/mol. The fourth-order valence-electron chi connectivity index (χ4n) is 2.00. The summed E-state index contributed by atoms with van der Waals surface area (Å²) in [5, 5.41) is 0.917. The van der Waals surface area contributed by atoms with Crippen molar-refractivity contribution in [2.75, 3.05) is 6.54 Å². The zero-order chi connectivity index (χ0) is 13.2. The fraction of sp³-hybridized carbons (Fsp3) is 0.133. The van der Waals surface area contributed by atoms with Crippen molar-refractivity contribution in [3.8, 4) is 10.6 Å². The number of halogens is 1. The Morgan fingerprint density at radius 2 is 1.89 bits per heavy atom. The third kappa shape index (κ3) is 2.50. The van der Waals surface area contributed by atoms with Gasteiger partial charge in [0.25, 0.3) is 0 Å². The van der Waals surface area contributed by atoms with Crippen molar-refractivity contribution >= 4 is 21.6 Å². The quantitative estimate of drug-likeness (QED) is 0.791. The normalized spacial score (nSPS) is 11.1. The number of hydrogen-bond acceptors (Lipinski definition) is 3. The van der Waals surface area contributed by atoms with E-state index in [0.29, 0.717) is 6.54 Å². The number of benzene rings is 2. The van der Waals surface area contributed by atoms with E-state index < -0.39 is 0 Å². The van der Waals surface area contributed by atoms with Crippen molar-refractivity contribution < 1.29 is 4.39 Å². The lowest BCUT2D eigenvalue weighted by Gasteiger charge is -2.00. The monoisotopic (exact) mass is 272 g/mol. The molecule has 0 fully saturated rings. The summed E-state index contributed by atoms with van der Waals surface area (Å²) in [6, 6.07) is 12.9. The molecule has 0 saturated carbocycles. The molecule has 3 rings (SSSR count). The maximum absolute atomic E-state index is 13.2. The van der Waals surface area contributed by atoms with E-state index >= 15 is 0 Å². The third-order valence-electron chi connectivity index (χ3n) is 2.98. The first-order valence-electron chi connectivity index (χ1n) is 6.12. The fourth-order valence-corrected chi connectivity index (χ4v) is 3.00. The number of rotatable bonds is 3. The van der Waals surface area contributed by atoms with Crippen LogP contribution in [0.4, 0.5) is 4.39 Å². The lowest BCUT2D eigenvalue weighted by atomic mass is 10.1. The second-order valence-corrected chi connectivity index (χ2v) is 5.40. The first kappa shape index (κ1) is 12.3. The van der Waals surface area contributed by atoms with Crippen molar-refractivity contribution in [3.63, 3.8) is 0 Å². The molecule has 0 saturated heterocycles. The Bertz CT molecular complexity index is 704. The van der Waals surface area contributed by atoms with Gasteiger partial charge < -0.3 is 5.73 Å². The molecule has 0 bridgehead atoms. The minimum absolute atomic E-state index is 0.221. The van der Waals surface area contributed by atoms with Gasteiger partial charge in [0.05, 0.1) is 10.2 Å². The summed E-state index contributed by atoms with van der Waals surface area (Å²) in [6.45, 7) is 0.653. The highest BCUT2D eigenvalue weighted by Crippen LogP contribution is 2.30. The molecule has 0 aliphatic carbocycles. The van der Waals surface area contributed by atoms with E-state index in [2.05, 4.69) is 17.1 Å². The molecule has 96 valence electrons. The largest absolute Gasteiger partial charge is 0.330 e. The summed E-state index contributed by atoms with van der Waals surface area (Å²) >= 11 is 1.51. The zero-order valence-corrected chi connectivity index (χ0v) is 11.1. The lowest BCUT2D eigenvalue weighted by molar-refractivity contribution is 0.630. The number of nitrogens with zero attached hydrogens (tertiary/aromatic N) is 1. The molecule has 0 amide bonds. The van der Waals surface area contributed by atoms with E-state index in [0.717, 1.165) is 27.2 Å². The average Bonchev–Trinajstić information content (AvgIpc) is 2.83. The number of nitrogens with two attached hydrogens (primary N) is 1. The lowest BCUT2D eigenvalue weighted by Crippen LogP contribution is -2.02. The SMILES string of the molecule is NCCc1ccc(-c2nc3ccc(F)cc3s2)cc1. The summed E-state index contributed by atoms with van der Waals surface area (Å²) in [5.74, 6) is -0.221. The topological polar surface area (TPSA) is 38.9 Å². The molecule has 3 aromatic rings. The molecule has 0 spiro atoms. The van der Waals surface area contributed by atoms with Gasteiger partial charge in [0, 0.05) is 5.56 Å². The Kier molecular flexibility index (Phi) is 3.27. The van der Waals surface area contributed by atoms with Crippen LogP contribution in [0, 0.1) is 5.82 Å². The van der Waals surface area contributed by atoms with Crippen molar-refractivity contribution in [1.82, 2.24) is 4.98 Å². The average molecular weight is 272 g/mol. The molecule has 2 nitrogen and oxygen atoms in total. The van der Waals surface area contributed by atoms with Crippen LogP contribution in [0.5, 0.6) is 0 Å². The van der Waals surface area contributed by atoms with Crippen LogP contribution >= 0.6 is 11.3 Å². The molecule has 0 atom stereocenters. The maximum Gasteiger partial charge on any atom is 0.124 e. The standard InChI is InChI=1S/C15H13FN2S/c16-12-5-6-13-14(9-12)19-15(18-13)11-3-1-10(2-4-11)7-8-17/h1-6,9H,7-8,17H2. The Labute approximate surface area is 114 Å². The van der Waals surface area contributed by atoms with Crippen LogP contribution in [-0.2, 0) is 6.42 Å². The van der Waals surface area contributed by atoms with Gasteiger partial charge in [-0.2, -0.15) is 0 Å². The van der Waals surface area contributed by atoms with Crippen LogP contribution in [0.3, 0.4) is 0 Å². The first-order valence-corrected chi connectivity index (χ1v) is 6.93. The van der Waals surface area contributed by atoms with Crippen LogP contribution in [-0.4, -0.2) is 11.5 Å². The number of thiazole rings is 1. The predicted octanol–water partition coefficient (Wildman–Crippen LogP) is 3.60. The van der Waals surface area contributed by atoms with Crippen LogP contribution in [0.25, 0.3) is 20.8 Å². The molecular formula is C15H13FN2S. The van der Waals surface area contributed by atoms with Gasteiger partial charge in [-0.25, -0.2) is 9.37 Å². The summed E-state index contributed by atoms with van der Waals surface area (Å²) < 4.78 is 14.0. The van der Waals surface area contributed by atoms with Crippen LogP contribution in [0.1, 0.15) is 5.56 Å². The highest BCUT2D eigenvalue weighted by Gasteiger charge is 2.07. The van der Waals surface area contributed by atoms with E-state index in [4.69, 9.17) is 5.73 Å². The summed E-state index contributed by atoms with van der Waals surface area (Å²) in [7, 11) is 0. The molecule has 4 heteroatoms. The summed E-state index contributed by atoms with van der Waals surface area (Å²) in [6.07, 6.45) is 0.880. The molecular weight excluding hydrogens is 259 g/mol. The molecule has 2 N–H and O–H groups in total. The Balaban J connectivity index is 1.99. The van der Waals surface area contributed by atoms with Gasteiger partial charge >= 0.3 is 0 Å². The van der Waals surface area contributed by atoms with Gasteiger partial charge in [-0.05, 0) is 36.7 Å². The van der Waals surface area contributed by atoms with Crippen molar-refractivity contribution in [1.29, 1.82) is 0 Å². The number of hydrogen-bond donors (Lipinski definition) is 1. The van der Waals surface area contributed by atoms with Crippen LogP contribution < -0.4 is 5.73 Å². The number of fused-ring (bicyclic) bond motifs is 1.